The van der Waals surface area contributed by atoms with Crippen molar-refractivity contribution in [3.8, 4) is 0 Å². The number of allylic oxidation sites excluding steroid dienone is 1. The molecule has 0 fully saturated rings. The Bertz CT molecular complexity index is 465. The van der Waals surface area contributed by atoms with Crippen molar-refractivity contribution in [2.24, 2.45) is 0 Å². The number of hydrogen-bond acceptors (Lipinski definition) is 2. The summed E-state index contributed by atoms with van der Waals surface area (Å²) >= 11 is 12.1. The summed E-state index contributed by atoms with van der Waals surface area (Å²) in [7, 11) is 0. The van der Waals surface area contributed by atoms with E-state index in [1.165, 1.54) is 6.08 Å². The smallest absolute Gasteiger partial charge is 0.331 e. The molecule has 0 N–H and O–H groups in total. The lowest BCUT2D eigenvalue weighted by Crippen LogP contribution is -2.00. The maximum Gasteiger partial charge on any atom is 0.331 e. The van der Waals surface area contributed by atoms with E-state index < -0.39 is 0 Å². The Balaban J connectivity index is 3.09. The van der Waals surface area contributed by atoms with Crippen molar-refractivity contribution in [2.45, 2.75) is 20.8 Å². The van der Waals surface area contributed by atoms with Crippen LogP contribution in [0.1, 0.15) is 25.0 Å². The first kappa shape index (κ1) is 14.1. The SMILES string of the molecule is CCOC(=O)C=C(C)c1ccc(Cl)c(C)c1Cl. The Morgan fingerprint density at radius 2 is 2.06 bits per heavy atom. The van der Waals surface area contributed by atoms with Crippen molar-refractivity contribution in [1.82, 2.24) is 0 Å². The number of benzene rings is 1. The molecule has 0 unspecified atom stereocenters. The summed E-state index contributed by atoms with van der Waals surface area (Å²) < 4.78 is 4.84. The van der Waals surface area contributed by atoms with Gasteiger partial charge in [-0.2, -0.15) is 0 Å². The fourth-order valence-corrected chi connectivity index (χ4v) is 1.92. The van der Waals surface area contributed by atoms with E-state index in [4.69, 9.17) is 27.9 Å². The third kappa shape index (κ3) is 3.48. The van der Waals surface area contributed by atoms with Gasteiger partial charge in [0, 0.05) is 11.1 Å². The third-order valence-corrected chi connectivity index (χ3v) is 3.26. The molecule has 0 aliphatic rings. The van der Waals surface area contributed by atoms with Gasteiger partial charge in [0.2, 0.25) is 0 Å². The van der Waals surface area contributed by atoms with Gasteiger partial charge < -0.3 is 4.74 Å². The van der Waals surface area contributed by atoms with E-state index in [1.807, 2.05) is 13.8 Å². The lowest BCUT2D eigenvalue weighted by atomic mass is 10.0. The number of halogens is 2. The lowest BCUT2D eigenvalue weighted by molar-refractivity contribution is -0.137. The summed E-state index contributed by atoms with van der Waals surface area (Å²) in [6.07, 6.45) is 1.43. The van der Waals surface area contributed by atoms with Crippen molar-refractivity contribution >= 4 is 34.7 Å². The highest BCUT2D eigenvalue weighted by Crippen LogP contribution is 2.31. The number of carbonyl (C=O) groups excluding carboxylic acids is 1. The van der Waals surface area contributed by atoms with E-state index in [-0.39, 0.29) is 5.97 Å². The molecule has 0 saturated carbocycles. The fraction of sp³-hybridized carbons (Fsp3) is 0.308. The van der Waals surface area contributed by atoms with Crippen LogP contribution in [-0.4, -0.2) is 12.6 Å². The van der Waals surface area contributed by atoms with Gasteiger partial charge in [0.15, 0.2) is 0 Å². The van der Waals surface area contributed by atoms with Crippen molar-refractivity contribution in [2.75, 3.05) is 6.61 Å². The molecule has 0 aliphatic carbocycles. The Morgan fingerprint density at radius 3 is 2.65 bits per heavy atom. The highest BCUT2D eigenvalue weighted by Gasteiger charge is 2.09. The summed E-state index contributed by atoms with van der Waals surface area (Å²) in [5.41, 5.74) is 2.36. The van der Waals surface area contributed by atoms with Crippen LogP contribution in [0.4, 0.5) is 0 Å². The van der Waals surface area contributed by atoms with E-state index in [2.05, 4.69) is 0 Å². The van der Waals surface area contributed by atoms with Crippen LogP contribution >= 0.6 is 23.2 Å². The molecule has 0 saturated heterocycles. The summed E-state index contributed by atoms with van der Waals surface area (Å²) in [5, 5.41) is 1.18. The largest absolute Gasteiger partial charge is 0.463 e. The van der Waals surface area contributed by atoms with Gasteiger partial charge in [0.05, 0.1) is 11.6 Å². The van der Waals surface area contributed by atoms with Crippen LogP contribution in [0.5, 0.6) is 0 Å². The molecule has 0 amide bonds. The quantitative estimate of drug-likeness (QED) is 0.607. The van der Waals surface area contributed by atoms with Crippen molar-refractivity contribution < 1.29 is 9.53 Å². The number of carbonyl (C=O) groups is 1. The van der Waals surface area contributed by atoms with E-state index >= 15 is 0 Å². The predicted molar refractivity (Wildman–Crippen MR) is 71.5 cm³/mol. The molecule has 1 aromatic rings. The highest BCUT2D eigenvalue weighted by molar-refractivity contribution is 6.37. The minimum Gasteiger partial charge on any atom is -0.463 e. The molecule has 0 aromatic heterocycles. The van der Waals surface area contributed by atoms with E-state index in [0.717, 1.165) is 16.7 Å². The summed E-state index contributed by atoms with van der Waals surface area (Å²) in [6, 6.07) is 3.56. The number of hydrogen-bond donors (Lipinski definition) is 0. The van der Waals surface area contributed by atoms with Crippen molar-refractivity contribution in [3.63, 3.8) is 0 Å². The molecular formula is C13H14Cl2O2. The molecule has 0 heterocycles. The molecule has 0 radical (unpaired) electrons. The Hall–Kier alpha value is -0.990. The monoisotopic (exact) mass is 272 g/mol. The summed E-state index contributed by atoms with van der Waals surface area (Å²) in [5.74, 6) is -0.367. The van der Waals surface area contributed by atoms with Crippen LogP contribution in [0, 0.1) is 6.92 Å². The first-order chi connectivity index (χ1) is 7.97. The first-order valence-corrected chi connectivity index (χ1v) is 6.03. The second-order valence-electron chi connectivity index (χ2n) is 3.61. The van der Waals surface area contributed by atoms with Gasteiger partial charge in [-0.15, -0.1) is 0 Å². The number of ether oxygens (including phenoxy) is 1. The summed E-state index contributed by atoms with van der Waals surface area (Å²) in [4.78, 5) is 11.3. The van der Waals surface area contributed by atoms with Gasteiger partial charge in [-0.25, -0.2) is 4.79 Å². The van der Waals surface area contributed by atoms with Crippen LogP contribution < -0.4 is 0 Å². The second-order valence-corrected chi connectivity index (χ2v) is 4.40. The Kier molecular flexibility index (Phi) is 5.03. The zero-order chi connectivity index (χ0) is 13.0. The van der Waals surface area contributed by atoms with E-state index in [1.54, 1.807) is 19.1 Å². The average molecular weight is 273 g/mol. The lowest BCUT2D eigenvalue weighted by Gasteiger charge is -2.08. The Morgan fingerprint density at radius 1 is 1.41 bits per heavy atom. The van der Waals surface area contributed by atoms with Crippen molar-refractivity contribution in [3.05, 3.63) is 39.4 Å². The molecule has 92 valence electrons. The number of esters is 1. The molecule has 17 heavy (non-hydrogen) atoms. The average Bonchev–Trinajstić information content (AvgIpc) is 2.26. The predicted octanol–water partition coefficient (Wildman–Crippen LogP) is 4.27. The van der Waals surface area contributed by atoms with Crippen LogP contribution in [-0.2, 0) is 9.53 Å². The molecule has 0 spiro atoms. The molecule has 1 aromatic carbocycles. The van der Waals surface area contributed by atoms with Crippen LogP contribution in [0.2, 0.25) is 10.0 Å². The highest BCUT2D eigenvalue weighted by atomic mass is 35.5. The molecule has 2 nitrogen and oxygen atoms in total. The van der Waals surface area contributed by atoms with Gasteiger partial charge in [-0.3, -0.25) is 0 Å². The van der Waals surface area contributed by atoms with Crippen molar-refractivity contribution in [1.29, 1.82) is 0 Å². The molecular weight excluding hydrogens is 259 g/mol. The Labute approximate surface area is 111 Å². The molecule has 0 aliphatic heterocycles. The van der Waals surface area contributed by atoms with Gasteiger partial charge in [-0.05, 0) is 43.5 Å². The summed E-state index contributed by atoms with van der Waals surface area (Å²) in [6.45, 7) is 5.77. The maximum absolute atomic E-state index is 11.3. The maximum atomic E-state index is 11.3. The zero-order valence-corrected chi connectivity index (χ0v) is 11.5. The minimum absolute atomic E-state index is 0.357. The van der Waals surface area contributed by atoms with Gasteiger partial charge in [0.1, 0.15) is 0 Å². The normalized spacial score (nSPS) is 11.5. The molecule has 4 heteroatoms. The zero-order valence-electron chi connectivity index (χ0n) is 10.0. The third-order valence-electron chi connectivity index (χ3n) is 2.37. The van der Waals surface area contributed by atoms with Crippen LogP contribution in [0.25, 0.3) is 5.57 Å². The molecule has 1 rings (SSSR count). The van der Waals surface area contributed by atoms with E-state index in [9.17, 15) is 4.79 Å². The molecule has 0 bridgehead atoms. The number of rotatable bonds is 3. The standard InChI is InChI=1S/C13H14Cl2O2/c1-4-17-12(16)7-8(2)10-5-6-11(14)9(3)13(10)15/h5-7H,4H2,1-3H3. The first-order valence-electron chi connectivity index (χ1n) is 5.27. The van der Waals surface area contributed by atoms with Crippen LogP contribution in [0.3, 0.4) is 0 Å². The van der Waals surface area contributed by atoms with E-state index in [0.29, 0.717) is 16.7 Å². The second kappa shape index (κ2) is 6.08. The van der Waals surface area contributed by atoms with Gasteiger partial charge >= 0.3 is 5.97 Å². The minimum atomic E-state index is -0.367. The molecule has 0 atom stereocenters. The van der Waals surface area contributed by atoms with Crippen LogP contribution in [0.15, 0.2) is 18.2 Å². The van der Waals surface area contributed by atoms with Gasteiger partial charge in [-0.1, -0.05) is 29.3 Å². The van der Waals surface area contributed by atoms with Gasteiger partial charge in [0.25, 0.3) is 0 Å². The topological polar surface area (TPSA) is 26.3 Å². The fourth-order valence-electron chi connectivity index (χ4n) is 1.40.